The Hall–Kier alpha value is -3.88. The zero-order chi connectivity index (χ0) is 19.3. The van der Waals surface area contributed by atoms with Gasteiger partial charge in [0, 0.05) is 29.8 Å². The molecule has 4 rings (SSSR count). The van der Waals surface area contributed by atoms with Crippen molar-refractivity contribution in [3.8, 4) is 11.4 Å². The fourth-order valence-electron chi connectivity index (χ4n) is 2.70. The minimum atomic E-state index is -0.603. The molecular formula is C19H15N5O4. The average Bonchev–Trinajstić information content (AvgIpc) is 3.21. The van der Waals surface area contributed by atoms with Gasteiger partial charge in [-0.25, -0.2) is 9.89 Å². The second kappa shape index (κ2) is 7.78. The fourth-order valence-corrected chi connectivity index (χ4v) is 2.70. The van der Waals surface area contributed by atoms with E-state index in [0.717, 1.165) is 5.56 Å². The van der Waals surface area contributed by atoms with E-state index in [1.54, 1.807) is 42.7 Å². The van der Waals surface area contributed by atoms with Crippen LogP contribution in [0.15, 0.2) is 58.1 Å². The van der Waals surface area contributed by atoms with Gasteiger partial charge in [-0.15, -0.1) is 0 Å². The number of hydrogen-bond donors (Lipinski definition) is 1. The number of fused-ring (bicyclic) bond motifs is 1. The maximum absolute atomic E-state index is 12.3. The van der Waals surface area contributed by atoms with Gasteiger partial charge in [-0.1, -0.05) is 23.4 Å². The highest BCUT2D eigenvalue weighted by Crippen LogP contribution is 2.15. The molecule has 4 aromatic rings. The van der Waals surface area contributed by atoms with E-state index in [9.17, 15) is 9.59 Å². The number of H-pyrrole nitrogens is 1. The number of benzene rings is 1. The van der Waals surface area contributed by atoms with Gasteiger partial charge in [0.15, 0.2) is 5.69 Å². The van der Waals surface area contributed by atoms with Crippen molar-refractivity contribution in [3.05, 3.63) is 70.7 Å². The van der Waals surface area contributed by atoms with Crippen molar-refractivity contribution in [2.75, 3.05) is 6.61 Å². The minimum Gasteiger partial charge on any atom is -0.461 e. The summed E-state index contributed by atoms with van der Waals surface area (Å²) in [6.07, 6.45) is 4.28. The topological polar surface area (TPSA) is 124 Å². The summed E-state index contributed by atoms with van der Waals surface area (Å²) < 4.78 is 10.5. The molecular weight excluding hydrogens is 362 g/mol. The van der Waals surface area contributed by atoms with Crippen molar-refractivity contribution in [2.24, 2.45) is 0 Å². The van der Waals surface area contributed by atoms with Crippen molar-refractivity contribution < 1.29 is 14.1 Å². The SMILES string of the molecule is O=C(OCCCc1nc(-c2cccnc2)no1)c1n[nH]c(=O)c2ccccc12. The largest absolute Gasteiger partial charge is 0.461 e. The van der Waals surface area contributed by atoms with E-state index in [-0.39, 0.29) is 17.9 Å². The molecule has 1 aromatic carbocycles. The second-order valence-electron chi connectivity index (χ2n) is 5.94. The van der Waals surface area contributed by atoms with Crippen molar-refractivity contribution >= 4 is 16.7 Å². The van der Waals surface area contributed by atoms with Crippen molar-refractivity contribution in [1.29, 1.82) is 0 Å². The van der Waals surface area contributed by atoms with Gasteiger partial charge in [0.2, 0.25) is 11.7 Å². The van der Waals surface area contributed by atoms with Crippen LogP contribution in [0.5, 0.6) is 0 Å². The van der Waals surface area contributed by atoms with Crippen LogP contribution in [0.3, 0.4) is 0 Å². The third-order valence-electron chi connectivity index (χ3n) is 4.05. The number of nitrogens with zero attached hydrogens (tertiary/aromatic N) is 4. The number of ether oxygens (including phenoxy) is 1. The standard InChI is InChI=1S/C19H15N5O4/c25-18-14-7-2-1-6-13(14)16(22-23-18)19(26)27-10-4-8-15-21-17(24-28-15)12-5-3-9-20-11-12/h1-3,5-7,9,11H,4,8,10H2,(H,23,25). The molecule has 0 saturated heterocycles. The van der Waals surface area contributed by atoms with Crippen LogP contribution in [0.4, 0.5) is 0 Å². The van der Waals surface area contributed by atoms with Gasteiger partial charge in [-0.3, -0.25) is 9.78 Å². The molecule has 3 aromatic heterocycles. The molecule has 28 heavy (non-hydrogen) atoms. The summed E-state index contributed by atoms with van der Waals surface area (Å²) in [5.74, 6) is 0.306. The number of hydrogen-bond acceptors (Lipinski definition) is 8. The number of esters is 1. The Kier molecular flexibility index (Phi) is 4.87. The van der Waals surface area contributed by atoms with Crippen LogP contribution in [0.1, 0.15) is 22.8 Å². The van der Waals surface area contributed by atoms with Gasteiger partial charge in [0.05, 0.1) is 12.0 Å². The van der Waals surface area contributed by atoms with E-state index in [4.69, 9.17) is 9.26 Å². The third-order valence-corrected chi connectivity index (χ3v) is 4.05. The molecule has 1 N–H and O–H groups in total. The molecule has 0 saturated carbocycles. The van der Waals surface area contributed by atoms with Gasteiger partial charge < -0.3 is 9.26 Å². The number of nitrogens with one attached hydrogen (secondary N) is 1. The summed E-state index contributed by atoms with van der Waals surface area (Å²) in [7, 11) is 0. The Morgan fingerprint density at radius 2 is 2.00 bits per heavy atom. The lowest BCUT2D eigenvalue weighted by Gasteiger charge is -2.05. The molecule has 0 aliphatic heterocycles. The number of aryl methyl sites for hydroxylation is 1. The third kappa shape index (κ3) is 3.63. The number of aromatic amines is 1. The van der Waals surface area contributed by atoms with E-state index < -0.39 is 5.97 Å². The van der Waals surface area contributed by atoms with Crippen LogP contribution in [0.25, 0.3) is 22.2 Å². The number of carbonyl (C=O) groups is 1. The number of rotatable bonds is 6. The highest BCUT2D eigenvalue weighted by Gasteiger charge is 2.15. The van der Waals surface area contributed by atoms with Crippen molar-refractivity contribution in [1.82, 2.24) is 25.3 Å². The number of carbonyl (C=O) groups excluding carboxylic acids is 1. The van der Waals surface area contributed by atoms with Gasteiger partial charge in [-0.2, -0.15) is 10.1 Å². The molecule has 0 bridgehead atoms. The van der Waals surface area contributed by atoms with E-state index >= 15 is 0 Å². The molecule has 0 spiro atoms. The number of aromatic nitrogens is 5. The van der Waals surface area contributed by atoms with Crippen molar-refractivity contribution in [2.45, 2.75) is 12.8 Å². The van der Waals surface area contributed by atoms with E-state index in [2.05, 4.69) is 25.3 Å². The van der Waals surface area contributed by atoms with Crippen LogP contribution in [-0.2, 0) is 11.2 Å². The summed E-state index contributed by atoms with van der Waals surface area (Å²) in [5, 5.41) is 10.9. The molecule has 0 atom stereocenters. The van der Waals surface area contributed by atoms with Crippen LogP contribution >= 0.6 is 0 Å². The van der Waals surface area contributed by atoms with Crippen LogP contribution in [0.2, 0.25) is 0 Å². The summed E-state index contributed by atoms with van der Waals surface area (Å²) >= 11 is 0. The zero-order valence-electron chi connectivity index (χ0n) is 14.7. The Labute approximate surface area is 158 Å². The van der Waals surface area contributed by atoms with Crippen LogP contribution in [0, 0.1) is 0 Å². The fraction of sp³-hybridized carbons (Fsp3) is 0.158. The van der Waals surface area contributed by atoms with Crippen molar-refractivity contribution in [3.63, 3.8) is 0 Å². The molecule has 0 aliphatic rings. The molecule has 0 fully saturated rings. The lowest BCUT2D eigenvalue weighted by molar-refractivity contribution is 0.0492. The molecule has 0 aliphatic carbocycles. The highest BCUT2D eigenvalue weighted by atomic mass is 16.5. The molecule has 0 unspecified atom stereocenters. The first-order valence-electron chi connectivity index (χ1n) is 8.60. The average molecular weight is 377 g/mol. The molecule has 9 nitrogen and oxygen atoms in total. The Balaban J connectivity index is 1.35. The molecule has 140 valence electrons. The Morgan fingerprint density at radius 1 is 1.14 bits per heavy atom. The first-order valence-corrected chi connectivity index (χ1v) is 8.60. The predicted molar refractivity (Wildman–Crippen MR) is 98.5 cm³/mol. The maximum atomic E-state index is 12.3. The normalized spacial score (nSPS) is 10.9. The van der Waals surface area contributed by atoms with Gasteiger partial charge in [0.1, 0.15) is 0 Å². The first kappa shape index (κ1) is 17.5. The quantitative estimate of drug-likeness (QED) is 0.400. The van der Waals surface area contributed by atoms with Gasteiger partial charge in [0.25, 0.3) is 5.56 Å². The van der Waals surface area contributed by atoms with Gasteiger partial charge >= 0.3 is 5.97 Å². The predicted octanol–water partition coefficient (Wildman–Crippen LogP) is 2.16. The smallest absolute Gasteiger partial charge is 0.359 e. The van der Waals surface area contributed by atoms with Gasteiger partial charge in [-0.05, 0) is 24.6 Å². The summed E-state index contributed by atoms with van der Waals surface area (Å²) in [4.78, 5) is 32.4. The van der Waals surface area contributed by atoms with Crippen LogP contribution in [-0.4, -0.2) is 37.9 Å². The molecule has 9 heteroatoms. The molecule has 0 amide bonds. The monoisotopic (exact) mass is 377 g/mol. The zero-order valence-corrected chi connectivity index (χ0v) is 14.7. The Bertz CT molecular complexity index is 1170. The number of pyridine rings is 1. The summed E-state index contributed by atoms with van der Waals surface area (Å²) in [6.45, 7) is 0.151. The maximum Gasteiger partial charge on any atom is 0.359 e. The highest BCUT2D eigenvalue weighted by molar-refractivity contribution is 6.01. The second-order valence-corrected chi connectivity index (χ2v) is 5.94. The summed E-state index contributed by atoms with van der Waals surface area (Å²) in [5.41, 5.74) is 0.486. The van der Waals surface area contributed by atoms with E-state index in [1.165, 1.54) is 0 Å². The van der Waals surface area contributed by atoms with Crippen LogP contribution < -0.4 is 5.56 Å². The lowest BCUT2D eigenvalue weighted by atomic mass is 10.1. The molecule has 0 radical (unpaired) electrons. The molecule has 3 heterocycles. The minimum absolute atomic E-state index is 0.0758. The lowest BCUT2D eigenvalue weighted by Crippen LogP contribution is -2.16. The van der Waals surface area contributed by atoms with E-state index in [1.807, 2.05) is 6.07 Å². The first-order chi connectivity index (χ1) is 13.7. The van der Waals surface area contributed by atoms with E-state index in [0.29, 0.717) is 35.3 Å². The summed E-state index contributed by atoms with van der Waals surface area (Å²) in [6, 6.07) is 10.4. The Morgan fingerprint density at radius 3 is 2.82 bits per heavy atom.